The van der Waals surface area contributed by atoms with Crippen LogP contribution in [-0.4, -0.2) is 18.9 Å². The van der Waals surface area contributed by atoms with Crippen molar-refractivity contribution in [3.05, 3.63) is 11.6 Å². The molecule has 0 saturated heterocycles. The molecule has 12 heavy (non-hydrogen) atoms. The van der Waals surface area contributed by atoms with Crippen molar-refractivity contribution in [2.45, 2.75) is 12.4 Å². The van der Waals surface area contributed by atoms with Crippen LogP contribution in [-0.2, 0) is 0 Å². The maximum atomic E-state index is 11.6. The van der Waals surface area contributed by atoms with Crippen molar-refractivity contribution in [1.29, 1.82) is 0 Å². The van der Waals surface area contributed by atoms with E-state index in [0.29, 0.717) is 0 Å². The minimum atomic E-state index is -5.39. The summed E-state index contributed by atoms with van der Waals surface area (Å²) >= 11 is 0. The Bertz CT molecular complexity index is 159. The highest BCUT2D eigenvalue weighted by Gasteiger charge is 2.50. The topological polar surface area (TPSA) is 26.0 Å². The van der Waals surface area contributed by atoms with Gasteiger partial charge in [0.15, 0.2) is 0 Å². The molecule has 7 heteroatoms. The molecule has 0 aliphatic rings. The molecule has 0 aromatic carbocycles. The standard InChI is InChI=1S/C5H5F6N/c6-4(7,8)3(1-2-12)5(9,10)11/h1H,2,12H2. The predicted octanol–water partition coefficient (Wildman–Crippen LogP) is 2.00. The zero-order chi connectivity index (χ0) is 9.99. The van der Waals surface area contributed by atoms with Gasteiger partial charge in [0.25, 0.3) is 0 Å². The van der Waals surface area contributed by atoms with Gasteiger partial charge in [-0.05, 0) is 0 Å². The minimum absolute atomic E-state index is 0.0972. The van der Waals surface area contributed by atoms with Gasteiger partial charge in [-0.1, -0.05) is 6.08 Å². The van der Waals surface area contributed by atoms with E-state index in [4.69, 9.17) is 0 Å². The first-order chi connectivity index (χ1) is 5.19. The van der Waals surface area contributed by atoms with Crippen LogP contribution in [0.1, 0.15) is 0 Å². The van der Waals surface area contributed by atoms with Crippen LogP contribution in [0, 0.1) is 0 Å². The lowest BCUT2D eigenvalue weighted by Crippen LogP contribution is -2.27. The number of halogens is 6. The molecular formula is C5H5F6N. The molecule has 0 amide bonds. The zero-order valence-electron chi connectivity index (χ0n) is 5.63. The summed E-state index contributed by atoms with van der Waals surface area (Å²) < 4.78 is 69.4. The Kier molecular flexibility index (Phi) is 3.14. The van der Waals surface area contributed by atoms with Gasteiger partial charge in [-0.2, -0.15) is 26.3 Å². The van der Waals surface area contributed by atoms with Crippen molar-refractivity contribution in [3.8, 4) is 0 Å². The molecule has 0 aromatic heterocycles. The Morgan fingerprint density at radius 3 is 1.42 bits per heavy atom. The Balaban J connectivity index is 4.83. The van der Waals surface area contributed by atoms with E-state index >= 15 is 0 Å². The van der Waals surface area contributed by atoms with Crippen LogP contribution >= 0.6 is 0 Å². The Morgan fingerprint density at radius 2 is 1.33 bits per heavy atom. The van der Waals surface area contributed by atoms with Crippen LogP contribution in [0.2, 0.25) is 0 Å². The van der Waals surface area contributed by atoms with Gasteiger partial charge in [0.1, 0.15) is 5.57 Å². The molecule has 0 heterocycles. The van der Waals surface area contributed by atoms with Gasteiger partial charge in [-0.15, -0.1) is 0 Å². The van der Waals surface area contributed by atoms with E-state index in [9.17, 15) is 26.3 Å². The summed E-state index contributed by atoms with van der Waals surface area (Å²) in [5.41, 5.74) is 1.99. The van der Waals surface area contributed by atoms with Gasteiger partial charge in [-0.25, -0.2) is 0 Å². The normalized spacial score (nSPS) is 12.9. The molecule has 0 saturated carbocycles. The van der Waals surface area contributed by atoms with Crippen LogP contribution in [0.15, 0.2) is 11.6 Å². The van der Waals surface area contributed by atoms with Crippen LogP contribution in [0.4, 0.5) is 26.3 Å². The largest absolute Gasteiger partial charge is 0.421 e. The second kappa shape index (κ2) is 3.34. The van der Waals surface area contributed by atoms with E-state index in [1.165, 1.54) is 0 Å². The van der Waals surface area contributed by atoms with Gasteiger partial charge < -0.3 is 5.73 Å². The van der Waals surface area contributed by atoms with Crippen molar-refractivity contribution >= 4 is 0 Å². The molecule has 0 aliphatic heterocycles. The number of allylic oxidation sites excluding steroid dienone is 1. The third-order valence-corrected chi connectivity index (χ3v) is 0.933. The summed E-state index contributed by atoms with van der Waals surface area (Å²) in [7, 11) is 0. The Hall–Kier alpha value is -0.720. The summed E-state index contributed by atoms with van der Waals surface area (Å²) in [5, 5.41) is 0. The van der Waals surface area contributed by atoms with Crippen LogP contribution in [0.5, 0.6) is 0 Å². The second-order valence-electron chi connectivity index (χ2n) is 1.85. The van der Waals surface area contributed by atoms with Crippen LogP contribution in [0.3, 0.4) is 0 Å². The third-order valence-electron chi connectivity index (χ3n) is 0.933. The average Bonchev–Trinajstić information content (AvgIpc) is 1.77. The average molecular weight is 193 g/mol. The number of rotatable bonds is 1. The molecule has 0 atom stereocenters. The summed E-state index contributed by atoms with van der Waals surface area (Å²) in [6.45, 7) is -0.797. The van der Waals surface area contributed by atoms with Gasteiger partial charge >= 0.3 is 12.4 Å². The minimum Gasteiger partial charge on any atom is -0.327 e. The highest BCUT2D eigenvalue weighted by Crippen LogP contribution is 2.38. The van der Waals surface area contributed by atoms with Crippen molar-refractivity contribution in [2.75, 3.05) is 6.54 Å². The van der Waals surface area contributed by atoms with E-state index < -0.39 is 24.5 Å². The third kappa shape index (κ3) is 3.12. The molecule has 0 rings (SSSR count). The Labute approximate surface area is 63.8 Å². The lowest BCUT2D eigenvalue weighted by Gasteiger charge is -2.14. The second-order valence-corrected chi connectivity index (χ2v) is 1.85. The summed E-state index contributed by atoms with van der Waals surface area (Å²) in [5.74, 6) is 0. The predicted molar refractivity (Wildman–Crippen MR) is 29.2 cm³/mol. The van der Waals surface area contributed by atoms with Crippen molar-refractivity contribution in [1.82, 2.24) is 0 Å². The molecule has 2 N–H and O–H groups in total. The molecule has 0 aromatic rings. The molecule has 0 fully saturated rings. The summed E-state index contributed by atoms with van der Waals surface area (Å²) in [4.78, 5) is 0. The molecule has 0 unspecified atom stereocenters. The summed E-state index contributed by atoms with van der Waals surface area (Å²) in [6, 6.07) is 0. The van der Waals surface area contributed by atoms with E-state index in [0.717, 1.165) is 0 Å². The number of nitrogens with two attached hydrogens (primary N) is 1. The lowest BCUT2D eigenvalue weighted by atomic mass is 10.2. The summed E-state index contributed by atoms with van der Waals surface area (Å²) in [6.07, 6.45) is -10.9. The monoisotopic (exact) mass is 193 g/mol. The van der Waals surface area contributed by atoms with Crippen molar-refractivity contribution < 1.29 is 26.3 Å². The molecule has 0 radical (unpaired) electrons. The van der Waals surface area contributed by atoms with Gasteiger partial charge in [-0.3, -0.25) is 0 Å². The number of alkyl halides is 6. The first kappa shape index (κ1) is 11.3. The number of hydrogen-bond acceptors (Lipinski definition) is 1. The first-order valence-electron chi connectivity index (χ1n) is 2.74. The lowest BCUT2D eigenvalue weighted by molar-refractivity contribution is -0.172. The van der Waals surface area contributed by atoms with Crippen LogP contribution < -0.4 is 5.73 Å². The van der Waals surface area contributed by atoms with Gasteiger partial charge in [0, 0.05) is 6.54 Å². The first-order valence-corrected chi connectivity index (χ1v) is 2.74. The van der Waals surface area contributed by atoms with Crippen molar-refractivity contribution in [3.63, 3.8) is 0 Å². The fourth-order valence-corrected chi connectivity index (χ4v) is 0.510. The van der Waals surface area contributed by atoms with E-state index in [2.05, 4.69) is 5.73 Å². The molecule has 1 nitrogen and oxygen atoms in total. The number of hydrogen-bond donors (Lipinski definition) is 1. The molecular weight excluding hydrogens is 188 g/mol. The molecule has 0 spiro atoms. The maximum absolute atomic E-state index is 11.6. The highest BCUT2D eigenvalue weighted by molar-refractivity contribution is 5.15. The fraction of sp³-hybridized carbons (Fsp3) is 0.600. The van der Waals surface area contributed by atoms with Crippen molar-refractivity contribution in [2.24, 2.45) is 5.73 Å². The SMILES string of the molecule is NCC=C(C(F)(F)F)C(F)(F)F. The molecule has 72 valence electrons. The molecule has 0 bridgehead atoms. The smallest absolute Gasteiger partial charge is 0.327 e. The Morgan fingerprint density at radius 1 is 1.00 bits per heavy atom. The van der Waals surface area contributed by atoms with Crippen LogP contribution in [0.25, 0.3) is 0 Å². The van der Waals surface area contributed by atoms with Gasteiger partial charge in [0.05, 0.1) is 0 Å². The van der Waals surface area contributed by atoms with Gasteiger partial charge in [0.2, 0.25) is 0 Å². The van der Waals surface area contributed by atoms with E-state index in [1.807, 2.05) is 0 Å². The maximum Gasteiger partial charge on any atom is 0.421 e. The fourth-order valence-electron chi connectivity index (χ4n) is 0.510. The molecule has 0 aliphatic carbocycles. The zero-order valence-corrected chi connectivity index (χ0v) is 5.63. The quantitative estimate of drug-likeness (QED) is 0.500. The van der Waals surface area contributed by atoms with E-state index in [1.54, 1.807) is 0 Å². The van der Waals surface area contributed by atoms with E-state index in [-0.39, 0.29) is 6.08 Å². The highest BCUT2D eigenvalue weighted by atomic mass is 19.4.